The van der Waals surface area contributed by atoms with Crippen LogP contribution in [0, 0.1) is 24.0 Å². The molecule has 0 fully saturated rings. The van der Waals surface area contributed by atoms with Crippen LogP contribution in [0.25, 0.3) is 11.0 Å². The van der Waals surface area contributed by atoms with Crippen molar-refractivity contribution in [3.8, 4) is 18.1 Å². The Labute approximate surface area is 167 Å². The van der Waals surface area contributed by atoms with Gasteiger partial charge in [0, 0.05) is 24.1 Å². The molecule has 0 aliphatic heterocycles. The fourth-order valence-electron chi connectivity index (χ4n) is 3.00. The van der Waals surface area contributed by atoms with Crippen molar-refractivity contribution in [2.45, 2.75) is 19.4 Å². The largest absolute Gasteiger partial charge is 0.493 e. The minimum Gasteiger partial charge on any atom is -0.493 e. The molecule has 3 aromatic rings. The van der Waals surface area contributed by atoms with Crippen LogP contribution in [0.4, 0.5) is 8.78 Å². The number of nitrogens with zero attached hydrogens (tertiary/aromatic N) is 1. The predicted molar refractivity (Wildman–Crippen MR) is 108 cm³/mol. The fraction of sp³-hybridized carbons (Fsp3) is 0.261. The highest BCUT2D eigenvalue weighted by Crippen LogP contribution is 2.19. The van der Waals surface area contributed by atoms with Gasteiger partial charge in [0.05, 0.1) is 13.2 Å². The number of ether oxygens (including phenoxy) is 1. The Balaban J connectivity index is 1.47. The maximum atomic E-state index is 13.4. The molecule has 0 aliphatic rings. The van der Waals surface area contributed by atoms with Crippen LogP contribution >= 0.6 is 0 Å². The molecule has 3 rings (SSSR count). The molecule has 0 unspecified atom stereocenters. The molecule has 150 valence electrons. The van der Waals surface area contributed by atoms with E-state index in [4.69, 9.17) is 15.6 Å². The second kappa shape index (κ2) is 9.85. The van der Waals surface area contributed by atoms with Crippen LogP contribution in [-0.2, 0) is 6.54 Å². The van der Waals surface area contributed by atoms with Gasteiger partial charge in [-0.1, -0.05) is 12.0 Å². The van der Waals surface area contributed by atoms with Gasteiger partial charge in [-0.05, 0) is 55.3 Å². The third kappa shape index (κ3) is 5.90. The SMILES string of the molecule is C#CCN(CCCCOc1ccc2ccc(=O)oc2c1)Cc1ccc(F)c(F)c1. The summed E-state index contributed by atoms with van der Waals surface area (Å²) in [4.78, 5) is 13.3. The maximum absolute atomic E-state index is 13.4. The van der Waals surface area contributed by atoms with Gasteiger partial charge in [0.15, 0.2) is 11.6 Å². The van der Waals surface area contributed by atoms with Crippen LogP contribution in [0.1, 0.15) is 18.4 Å². The molecule has 0 spiro atoms. The molecule has 1 aromatic heterocycles. The second-order valence-electron chi connectivity index (χ2n) is 6.67. The van der Waals surface area contributed by atoms with Crippen molar-refractivity contribution in [3.63, 3.8) is 0 Å². The lowest BCUT2D eigenvalue weighted by Crippen LogP contribution is -2.25. The monoisotopic (exact) mass is 397 g/mol. The summed E-state index contributed by atoms with van der Waals surface area (Å²) in [7, 11) is 0. The molecule has 2 aromatic carbocycles. The molecule has 0 N–H and O–H groups in total. The van der Waals surface area contributed by atoms with Crippen LogP contribution in [0.5, 0.6) is 5.75 Å². The Hall–Kier alpha value is -3.17. The topological polar surface area (TPSA) is 42.7 Å². The zero-order chi connectivity index (χ0) is 20.6. The van der Waals surface area contributed by atoms with E-state index in [0.717, 1.165) is 24.3 Å². The van der Waals surface area contributed by atoms with E-state index in [1.165, 1.54) is 12.1 Å². The van der Waals surface area contributed by atoms with Gasteiger partial charge >= 0.3 is 5.63 Å². The van der Waals surface area contributed by atoms with E-state index in [1.54, 1.807) is 18.2 Å². The zero-order valence-corrected chi connectivity index (χ0v) is 15.9. The lowest BCUT2D eigenvalue weighted by atomic mass is 10.2. The minimum absolute atomic E-state index is 0.399. The minimum atomic E-state index is -0.859. The lowest BCUT2D eigenvalue weighted by molar-refractivity contribution is 0.263. The second-order valence-corrected chi connectivity index (χ2v) is 6.67. The van der Waals surface area contributed by atoms with Crippen LogP contribution in [-0.4, -0.2) is 24.6 Å². The molecule has 0 amide bonds. The Kier molecular flexibility index (Phi) is 6.99. The highest BCUT2D eigenvalue weighted by atomic mass is 19.2. The summed E-state index contributed by atoms with van der Waals surface area (Å²) in [6, 6.07) is 12.3. The first kappa shape index (κ1) is 20.6. The molecule has 0 bridgehead atoms. The molecule has 4 nitrogen and oxygen atoms in total. The lowest BCUT2D eigenvalue weighted by Gasteiger charge is -2.20. The molecule has 1 heterocycles. The molecular formula is C23H21F2NO3. The van der Waals surface area contributed by atoms with Gasteiger partial charge in [-0.25, -0.2) is 13.6 Å². The van der Waals surface area contributed by atoms with E-state index in [-0.39, 0.29) is 0 Å². The molecule has 0 saturated heterocycles. The average molecular weight is 397 g/mol. The number of unbranched alkanes of at least 4 members (excludes halogenated alkanes) is 1. The summed E-state index contributed by atoms with van der Waals surface area (Å²) in [5.74, 6) is 1.51. The Bertz CT molecular complexity index is 1070. The van der Waals surface area contributed by atoms with Gasteiger partial charge in [0.2, 0.25) is 0 Å². The van der Waals surface area contributed by atoms with Crippen molar-refractivity contribution < 1.29 is 17.9 Å². The van der Waals surface area contributed by atoms with E-state index in [0.29, 0.717) is 43.1 Å². The number of hydrogen-bond acceptors (Lipinski definition) is 4. The number of benzene rings is 2. The van der Waals surface area contributed by atoms with Crippen LogP contribution < -0.4 is 10.4 Å². The van der Waals surface area contributed by atoms with E-state index in [9.17, 15) is 13.6 Å². The average Bonchev–Trinajstić information content (AvgIpc) is 2.70. The quantitative estimate of drug-likeness (QED) is 0.306. The highest BCUT2D eigenvalue weighted by molar-refractivity contribution is 5.77. The smallest absolute Gasteiger partial charge is 0.336 e. The zero-order valence-electron chi connectivity index (χ0n) is 15.9. The van der Waals surface area contributed by atoms with E-state index in [2.05, 4.69) is 5.92 Å². The standard InChI is InChI=1S/C23H21F2NO3/c1-2-11-26(16-17-5-9-20(24)21(25)14-17)12-3-4-13-28-19-8-6-18-7-10-23(27)29-22(18)15-19/h1,5-10,14-15H,3-4,11-13,16H2. The van der Waals surface area contributed by atoms with Crippen molar-refractivity contribution in [1.82, 2.24) is 4.90 Å². The number of halogens is 2. The van der Waals surface area contributed by atoms with Crippen LogP contribution in [0.2, 0.25) is 0 Å². The first-order chi connectivity index (χ1) is 14.0. The maximum Gasteiger partial charge on any atom is 0.336 e. The molecule has 29 heavy (non-hydrogen) atoms. The summed E-state index contributed by atoms with van der Waals surface area (Å²) in [6.45, 7) is 2.08. The first-order valence-electron chi connectivity index (χ1n) is 9.31. The van der Waals surface area contributed by atoms with Crippen molar-refractivity contribution >= 4 is 11.0 Å². The van der Waals surface area contributed by atoms with Crippen LogP contribution in [0.15, 0.2) is 57.7 Å². The van der Waals surface area contributed by atoms with E-state index in [1.807, 2.05) is 17.0 Å². The van der Waals surface area contributed by atoms with Crippen molar-refractivity contribution in [2.24, 2.45) is 0 Å². The van der Waals surface area contributed by atoms with E-state index < -0.39 is 17.3 Å². The molecular weight excluding hydrogens is 376 g/mol. The third-order valence-electron chi connectivity index (χ3n) is 4.44. The summed E-state index contributed by atoms with van der Waals surface area (Å²) in [5.41, 5.74) is 0.763. The van der Waals surface area contributed by atoms with Gasteiger partial charge in [-0.3, -0.25) is 4.90 Å². The van der Waals surface area contributed by atoms with Gasteiger partial charge < -0.3 is 9.15 Å². The normalized spacial score (nSPS) is 11.0. The summed E-state index contributed by atoms with van der Waals surface area (Å²) >= 11 is 0. The van der Waals surface area contributed by atoms with E-state index >= 15 is 0 Å². The molecule has 0 saturated carbocycles. The van der Waals surface area contributed by atoms with Gasteiger partial charge in [0.1, 0.15) is 11.3 Å². The van der Waals surface area contributed by atoms with Gasteiger partial charge in [-0.2, -0.15) is 0 Å². The molecule has 0 radical (unpaired) electrons. The fourth-order valence-corrected chi connectivity index (χ4v) is 3.00. The van der Waals surface area contributed by atoms with Crippen molar-refractivity contribution in [3.05, 3.63) is 76.1 Å². The number of fused-ring (bicyclic) bond motifs is 1. The number of terminal acetylenes is 1. The molecule has 0 aliphatic carbocycles. The first-order valence-corrected chi connectivity index (χ1v) is 9.31. The predicted octanol–water partition coefficient (Wildman–Crippen LogP) is 4.37. The molecule has 0 atom stereocenters. The summed E-state index contributed by atoms with van der Waals surface area (Å²) in [6.07, 6.45) is 7.03. The highest BCUT2D eigenvalue weighted by Gasteiger charge is 2.08. The molecule has 6 heteroatoms. The van der Waals surface area contributed by atoms with Crippen LogP contribution in [0.3, 0.4) is 0 Å². The van der Waals surface area contributed by atoms with Crippen molar-refractivity contribution in [2.75, 3.05) is 19.7 Å². The third-order valence-corrected chi connectivity index (χ3v) is 4.44. The Morgan fingerprint density at radius 1 is 1.03 bits per heavy atom. The van der Waals surface area contributed by atoms with Gasteiger partial charge in [-0.15, -0.1) is 6.42 Å². The summed E-state index contributed by atoms with van der Waals surface area (Å²) < 4.78 is 37.3. The Morgan fingerprint density at radius 3 is 2.66 bits per heavy atom. The van der Waals surface area contributed by atoms with Gasteiger partial charge in [0.25, 0.3) is 0 Å². The Morgan fingerprint density at radius 2 is 1.86 bits per heavy atom. The summed E-state index contributed by atoms with van der Waals surface area (Å²) in [5, 5.41) is 0.833. The number of hydrogen-bond donors (Lipinski definition) is 0. The number of rotatable bonds is 9. The van der Waals surface area contributed by atoms with Crippen molar-refractivity contribution in [1.29, 1.82) is 0 Å².